The molecule has 0 heterocycles. The predicted octanol–water partition coefficient (Wildman–Crippen LogP) is 16.7. The number of phenols is 2. The van der Waals surface area contributed by atoms with Gasteiger partial charge in [0.1, 0.15) is 23.0 Å². The molecule has 0 amide bonds. The number of carbonyl (C=O) groups is 2. The second-order valence-electron chi connectivity index (χ2n) is 18.9. The first-order valence-electron chi connectivity index (χ1n) is 26.5. The van der Waals surface area contributed by atoms with Gasteiger partial charge < -0.3 is 40.2 Å². The van der Waals surface area contributed by atoms with Crippen molar-refractivity contribution in [1.82, 2.24) is 0 Å². The van der Waals surface area contributed by atoms with Gasteiger partial charge >= 0.3 is 0 Å². The maximum absolute atomic E-state index is 14.7. The highest BCUT2D eigenvalue weighted by atomic mass is 16.5. The number of nitrogens with one attached hydrogen (secondary N) is 1. The summed E-state index contributed by atoms with van der Waals surface area (Å²) in [6, 6.07) is 24.7. The fourth-order valence-electron chi connectivity index (χ4n) is 9.05. The maximum Gasteiger partial charge on any atom is 0.200 e. The number of ether oxygens (including phenoxy) is 4. The van der Waals surface area contributed by atoms with Gasteiger partial charge in [-0.3, -0.25) is 9.59 Å². The highest BCUT2D eigenvalue weighted by Crippen LogP contribution is 2.50. The molecule has 0 unspecified atom stereocenters. The Labute approximate surface area is 417 Å². The fraction of sp³-hybridized carbons (Fsp3) is 0.467. The van der Waals surface area contributed by atoms with Gasteiger partial charge in [0, 0.05) is 23.5 Å². The number of phenolic OH excluding ortho intramolecular Hbond substituents is 2. The Bertz CT molecular complexity index is 2390. The molecule has 376 valence electrons. The van der Waals surface area contributed by atoms with E-state index in [1.165, 1.54) is 120 Å². The molecule has 1 aliphatic carbocycles. The summed E-state index contributed by atoms with van der Waals surface area (Å²) in [5.74, 6) is -0.558. The number of rotatable bonds is 33. The molecule has 0 radical (unpaired) electrons. The zero-order valence-corrected chi connectivity index (χ0v) is 42.2. The summed E-state index contributed by atoms with van der Waals surface area (Å²) < 4.78 is 24.3. The zero-order valence-electron chi connectivity index (χ0n) is 42.2. The number of ketones is 2. The van der Waals surface area contributed by atoms with Crippen molar-refractivity contribution < 1.29 is 38.7 Å². The van der Waals surface area contributed by atoms with E-state index in [1.54, 1.807) is 48.5 Å². The SMILES string of the molecule is CCCCCCCCCCCCOc1ccc(Oc2cc(N)c3c(c2O)C(=O)c2c(Nc4ccc(CCCC)cc4)cc(Oc4ccc(OCCCCCCCCCCCC)cc4)c(O)c2C3=O)cc1. The Morgan fingerprint density at radius 2 is 0.829 bits per heavy atom. The summed E-state index contributed by atoms with van der Waals surface area (Å²) in [6.07, 6.45) is 28.0. The van der Waals surface area contributed by atoms with E-state index in [4.69, 9.17) is 24.7 Å². The highest BCUT2D eigenvalue weighted by Gasteiger charge is 2.40. The minimum atomic E-state index is -0.746. The maximum atomic E-state index is 14.7. The van der Waals surface area contributed by atoms with Gasteiger partial charge in [0.05, 0.1) is 41.2 Å². The smallest absolute Gasteiger partial charge is 0.200 e. The van der Waals surface area contributed by atoms with E-state index in [1.807, 2.05) is 24.3 Å². The fourth-order valence-corrected chi connectivity index (χ4v) is 9.05. The Morgan fingerprint density at radius 1 is 0.443 bits per heavy atom. The van der Waals surface area contributed by atoms with Crippen LogP contribution in [0.2, 0.25) is 0 Å². The summed E-state index contributed by atoms with van der Waals surface area (Å²) in [7, 11) is 0. The topological polar surface area (TPSA) is 150 Å². The van der Waals surface area contributed by atoms with E-state index >= 15 is 0 Å². The van der Waals surface area contributed by atoms with E-state index < -0.39 is 23.1 Å². The summed E-state index contributed by atoms with van der Waals surface area (Å²) >= 11 is 0. The molecule has 6 rings (SSSR count). The number of carbonyl (C=O) groups excluding carboxylic acids is 2. The molecule has 0 fully saturated rings. The third-order valence-electron chi connectivity index (χ3n) is 13.2. The number of fused-ring (bicyclic) bond motifs is 2. The summed E-state index contributed by atoms with van der Waals surface area (Å²) in [4.78, 5) is 29.3. The van der Waals surface area contributed by atoms with E-state index in [0.29, 0.717) is 41.9 Å². The molecule has 0 spiro atoms. The van der Waals surface area contributed by atoms with Gasteiger partial charge in [0.25, 0.3) is 0 Å². The van der Waals surface area contributed by atoms with Gasteiger partial charge in [-0.05, 0) is 91.9 Å². The summed E-state index contributed by atoms with van der Waals surface area (Å²) in [5.41, 5.74) is 7.46. The molecule has 70 heavy (non-hydrogen) atoms. The standard InChI is InChI=1S/C60H78N2O8/c1-4-7-10-12-14-16-18-20-22-24-39-67-45-31-35-47(36-32-45)69-51-41-49(61)53-55(57(51)63)60(66)54-50(62-44-29-27-43(28-30-44)26-9-6-3)42-52(58(64)56(54)59(53)65)70-48-37-33-46(34-38-48)68-40-25-23-21-19-17-15-13-11-8-5-2/h27-38,41-42,62-64H,4-26,39-40,61H2,1-3H3. The lowest BCUT2D eigenvalue weighted by atomic mass is 9.81. The third kappa shape index (κ3) is 15.4. The lowest BCUT2D eigenvalue weighted by Gasteiger charge is -2.25. The molecular formula is C60H78N2O8. The normalized spacial score (nSPS) is 11.9. The lowest BCUT2D eigenvalue weighted by molar-refractivity contribution is 0.0974. The Hall–Kier alpha value is -6.16. The van der Waals surface area contributed by atoms with Crippen LogP contribution in [0, 0.1) is 0 Å². The van der Waals surface area contributed by atoms with Gasteiger partial charge in [-0.1, -0.05) is 155 Å². The lowest BCUT2D eigenvalue weighted by Crippen LogP contribution is -2.24. The van der Waals surface area contributed by atoms with Crippen molar-refractivity contribution in [3.8, 4) is 46.0 Å². The van der Waals surface area contributed by atoms with Gasteiger partial charge in [-0.15, -0.1) is 0 Å². The minimum Gasteiger partial charge on any atom is -0.504 e. The molecule has 5 aromatic rings. The van der Waals surface area contributed by atoms with Crippen molar-refractivity contribution in [3.05, 3.63) is 113 Å². The first-order chi connectivity index (χ1) is 34.2. The van der Waals surface area contributed by atoms with Crippen molar-refractivity contribution >= 4 is 28.6 Å². The number of hydrogen-bond donors (Lipinski definition) is 4. The van der Waals surface area contributed by atoms with Crippen molar-refractivity contribution in [2.75, 3.05) is 24.3 Å². The molecule has 0 atom stereocenters. The van der Waals surface area contributed by atoms with Crippen molar-refractivity contribution in [1.29, 1.82) is 0 Å². The molecule has 10 nitrogen and oxygen atoms in total. The van der Waals surface area contributed by atoms with Crippen LogP contribution in [0.15, 0.2) is 84.9 Å². The zero-order chi connectivity index (χ0) is 49.5. The molecule has 1 aliphatic rings. The highest BCUT2D eigenvalue weighted by molar-refractivity contribution is 6.34. The quantitative estimate of drug-likeness (QED) is 0.0178. The van der Waals surface area contributed by atoms with Crippen molar-refractivity contribution in [3.63, 3.8) is 0 Å². The van der Waals surface area contributed by atoms with Crippen LogP contribution >= 0.6 is 0 Å². The van der Waals surface area contributed by atoms with E-state index in [9.17, 15) is 19.8 Å². The van der Waals surface area contributed by atoms with Crippen molar-refractivity contribution in [2.24, 2.45) is 0 Å². The second kappa shape index (κ2) is 28.5. The van der Waals surface area contributed by atoms with Gasteiger partial charge in [-0.25, -0.2) is 0 Å². The largest absolute Gasteiger partial charge is 0.504 e. The van der Waals surface area contributed by atoms with Crippen LogP contribution < -0.4 is 30.0 Å². The molecular weight excluding hydrogens is 877 g/mol. The molecule has 5 N–H and O–H groups in total. The number of benzene rings is 5. The van der Waals surface area contributed by atoms with E-state index in [2.05, 4.69) is 26.1 Å². The monoisotopic (exact) mass is 955 g/mol. The predicted molar refractivity (Wildman–Crippen MR) is 284 cm³/mol. The van der Waals surface area contributed by atoms with Crippen LogP contribution in [-0.2, 0) is 6.42 Å². The summed E-state index contributed by atoms with van der Waals surface area (Å²) in [5, 5.41) is 26.9. The van der Waals surface area contributed by atoms with Crippen LogP contribution in [0.4, 0.5) is 17.1 Å². The number of hydrogen-bond acceptors (Lipinski definition) is 10. The van der Waals surface area contributed by atoms with Crippen molar-refractivity contribution in [2.45, 2.75) is 168 Å². The number of aryl methyl sites for hydroxylation is 1. The van der Waals surface area contributed by atoms with Crippen LogP contribution in [0.25, 0.3) is 0 Å². The number of nitrogen functional groups attached to an aromatic ring is 1. The number of unbranched alkanes of at least 4 members (excludes halogenated alkanes) is 19. The third-order valence-corrected chi connectivity index (χ3v) is 13.2. The van der Waals surface area contributed by atoms with Gasteiger partial charge in [0.15, 0.2) is 23.0 Å². The molecule has 0 saturated heterocycles. The summed E-state index contributed by atoms with van der Waals surface area (Å²) in [6.45, 7) is 7.87. The average Bonchev–Trinajstić information content (AvgIpc) is 3.36. The molecule has 0 aliphatic heterocycles. The first kappa shape index (κ1) is 53.2. The number of anilines is 3. The molecule has 10 heteroatoms. The van der Waals surface area contributed by atoms with E-state index in [-0.39, 0.29) is 45.1 Å². The van der Waals surface area contributed by atoms with Gasteiger partial charge in [-0.2, -0.15) is 0 Å². The minimum absolute atomic E-state index is 0.0527. The van der Waals surface area contributed by atoms with Gasteiger partial charge in [0.2, 0.25) is 11.6 Å². The molecule has 0 saturated carbocycles. The van der Waals surface area contributed by atoms with Crippen LogP contribution in [0.5, 0.6) is 46.0 Å². The molecule has 0 aromatic heterocycles. The van der Waals surface area contributed by atoms with Crippen LogP contribution in [-0.4, -0.2) is 35.0 Å². The Kier molecular flexibility index (Phi) is 21.7. The molecule has 5 aromatic carbocycles. The number of nitrogens with two attached hydrogens (primary N) is 1. The number of aromatic hydroxyl groups is 2. The second-order valence-corrected chi connectivity index (χ2v) is 18.9. The Morgan fingerprint density at radius 3 is 1.29 bits per heavy atom. The average molecular weight is 955 g/mol. The van der Waals surface area contributed by atoms with Crippen LogP contribution in [0.1, 0.15) is 199 Å². The van der Waals surface area contributed by atoms with Crippen LogP contribution in [0.3, 0.4) is 0 Å². The first-order valence-corrected chi connectivity index (χ1v) is 26.5. The van der Waals surface area contributed by atoms with E-state index in [0.717, 1.165) is 44.9 Å². The molecule has 0 bridgehead atoms. The Balaban J connectivity index is 1.14.